The quantitative estimate of drug-likeness (QED) is 0.594. The predicted molar refractivity (Wildman–Crippen MR) is 103 cm³/mol. The largest absolute Gasteiger partial charge is 0.348 e. The third kappa shape index (κ3) is 3.44. The van der Waals surface area contributed by atoms with Gasteiger partial charge >= 0.3 is 0 Å². The number of amides is 1. The summed E-state index contributed by atoms with van der Waals surface area (Å²) >= 11 is 0. The fourth-order valence-electron chi connectivity index (χ4n) is 3.01. The zero-order valence-corrected chi connectivity index (χ0v) is 15.3. The second-order valence-corrected chi connectivity index (χ2v) is 6.36. The van der Waals surface area contributed by atoms with Crippen LogP contribution in [0.25, 0.3) is 22.2 Å². The van der Waals surface area contributed by atoms with Crippen molar-refractivity contribution in [2.75, 3.05) is 0 Å². The maximum Gasteiger partial charge on any atom is 0.252 e. The van der Waals surface area contributed by atoms with Gasteiger partial charge < -0.3 is 5.32 Å². The van der Waals surface area contributed by atoms with Gasteiger partial charge in [0.25, 0.3) is 5.91 Å². The molecule has 7 heteroatoms. The van der Waals surface area contributed by atoms with E-state index in [1.807, 2.05) is 61.4 Å². The molecular weight excluding hydrogens is 340 g/mol. The molecule has 0 atom stereocenters. The van der Waals surface area contributed by atoms with Gasteiger partial charge in [0, 0.05) is 49.0 Å². The highest BCUT2D eigenvalue weighted by molar-refractivity contribution is 6.07. The number of nitrogens with one attached hydrogen (secondary N) is 1. The smallest absolute Gasteiger partial charge is 0.252 e. The normalized spacial score (nSPS) is 11.0. The number of benzene rings is 1. The molecule has 1 N–H and O–H groups in total. The van der Waals surface area contributed by atoms with Crippen molar-refractivity contribution in [3.63, 3.8) is 0 Å². The number of aromatic nitrogens is 5. The summed E-state index contributed by atoms with van der Waals surface area (Å²) in [5.74, 6) is -0.136. The van der Waals surface area contributed by atoms with E-state index in [0.717, 1.165) is 34.3 Å². The van der Waals surface area contributed by atoms with Gasteiger partial charge in [0.15, 0.2) is 0 Å². The SMILES string of the molecule is CCn1cc(CNC(=O)c2cc(-c3cnn(C)c3)nc3ccccc23)cn1. The fraction of sp³-hybridized carbons (Fsp3) is 0.200. The molecule has 4 aromatic rings. The second kappa shape index (κ2) is 7.03. The van der Waals surface area contributed by atoms with Crippen LogP contribution >= 0.6 is 0 Å². The summed E-state index contributed by atoms with van der Waals surface area (Å²) in [6, 6.07) is 9.49. The molecule has 0 radical (unpaired) electrons. The molecule has 3 heterocycles. The molecule has 1 aromatic carbocycles. The minimum absolute atomic E-state index is 0.136. The van der Waals surface area contributed by atoms with E-state index in [0.29, 0.717) is 12.1 Å². The van der Waals surface area contributed by atoms with Gasteiger partial charge in [-0.1, -0.05) is 18.2 Å². The van der Waals surface area contributed by atoms with Crippen LogP contribution in [0.15, 0.2) is 55.1 Å². The van der Waals surface area contributed by atoms with Gasteiger partial charge in [0.1, 0.15) is 0 Å². The summed E-state index contributed by atoms with van der Waals surface area (Å²) in [5.41, 5.74) is 3.95. The number of pyridine rings is 1. The zero-order valence-electron chi connectivity index (χ0n) is 15.3. The molecule has 0 aliphatic heterocycles. The number of hydrogen-bond acceptors (Lipinski definition) is 4. The van der Waals surface area contributed by atoms with Gasteiger partial charge in [0.05, 0.1) is 29.2 Å². The van der Waals surface area contributed by atoms with Crippen LogP contribution in [0, 0.1) is 0 Å². The number of rotatable bonds is 5. The zero-order chi connectivity index (χ0) is 18.8. The first-order chi connectivity index (χ1) is 13.1. The molecule has 27 heavy (non-hydrogen) atoms. The lowest BCUT2D eigenvalue weighted by atomic mass is 10.0. The number of carbonyl (C=O) groups excluding carboxylic acids is 1. The highest BCUT2D eigenvalue weighted by Crippen LogP contribution is 2.24. The number of nitrogens with zero attached hydrogens (tertiary/aromatic N) is 5. The van der Waals surface area contributed by atoms with E-state index in [9.17, 15) is 4.79 Å². The fourth-order valence-corrected chi connectivity index (χ4v) is 3.01. The van der Waals surface area contributed by atoms with Crippen LogP contribution in [0.5, 0.6) is 0 Å². The standard InChI is InChI=1S/C20H20N6O/c1-3-26-12-14(10-23-26)9-21-20(27)17-8-19(15-11-22-25(2)13-15)24-18-7-5-4-6-16(17)18/h4-8,10-13H,3,9H2,1-2H3,(H,21,27). The highest BCUT2D eigenvalue weighted by atomic mass is 16.1. The molecule has 1 amide bonds. The summed E-state index contributed by atoms with van der Waals surface area (Å²) in [6.45, 7) is 3.26. The van der Waals surface area contributed by atoms with Crippen LogP contribution in [0.4, 0.5) is 0 Å². The van der Waals surface area contributed by atoms with Gasteiger partial charge in [-0.2, -0.15) is 10.2 Å². The Hall–Kier alpha value is -3.48. The Balaban J connectivity index is 1.67. The summed E-state index contributed by atoms with van der Waals surface area (Å²) in [5, 5.41) is 12.3. The molecule has 0 saturated carbocycles. The summed E-state index contributed by atoms with van der Waals surface area (Å²) in [4.78, 5) is 17.6. The molecule has 3 aromatic heterocycles. The van der Waals surface area contributed by atoms with Crippen LogP contribution in [-0.4, -0.2) is 30.5 Å². The minimum atomic E-state index is -0.136. The van der Waals surface area contributed by atoms with Crippen molar-refractivity contribution < 1.29 is 4.79 Å². The molecule has 0 spiro atoms. The van der Waals surface area contributed by atoms with E-state index in [-0.39, 0.29) is 5.91 Å². The number of carbonyl (C=O) groups is 1. The molecule has 0 aliphatic rings. The van der Waals surface area contributed by atoms with Crippen molar-refractivity contribution in [3.05, 3.63) is 66.2 Å². The molecule has 0 saturated heterocycles. The topological polar surface area (TPSA) is 77.6 Å². The van der Waals surface area contributed by atoms with Crippen LogP contribution in [-0.2, 0) is 20.1 Å². The molecule has 0 aliphatic carbocycles. The Kier molecular flexibility index (Phi) is 4.42. The van der Waals surface area contributed by atoms with Crippen LogP contribution in [0.1, 0.15) is 22.8 Å². The van der Waals surface area contributed by atoms with Crippen molar-refractivity contribution in [1.29, 1.82) is 0 Å². The number of hydrogen-bond donors (Lipinski definition) is 1. The van der Waals surface area contributed by atoms with Crippen molar-refractivity contribution in [2.45, 2.75) is 20.0 Å². The first-order valence-corrected chi connectivity index (χ1v) is 8.82. The molecule has 136 valence electrons. The number of para-hydroxylation sites is 1. The van der Waals surface area contributed by atoms with Crippen molar-refractivity contribution in [2.24, 2.45) is 7.05 Å². The molecular formula is C20H20N6O. The third-order valence-corrected chi connectivity index (χ3v) is 4.43. The summed E-state index contributed by atoms with van der Waals surface area (Å²) in [7, 11) is 1.86. The van der Waals surface area contributed by atoms with Crippen molar-refractivity contribution >= 4 is 16.8 Å². The average Bonchev–Trinajstić information content (AvgIpc) is 3.34. The Morgan fingerprint density at radius 1 is 1.15 bits per heavy atom. The van der Waals surface area contributed by atoms with E-state index in [1.165, 1.54) is 0 Å². The lowest BCUT2D eigenvalue weighted by molar-refractivity contribution is 0.0952. The van der Waals surface area contributed by atoms with Gasteiger partial charge in [0.2, 0.25) is 0 Å². The van der Waals surface area contributed by atoms with Crippen LogP contribution in [0.3, 0.4) is 0 Å². The molecule has 7 nitrogen and oxygen atoms in total. The molecule has 0 fully saturated rings. The van der Waals surface area contributed by atoms with Crippen molar-refractivity contribution in [1.82, 2.24) is 29.9 Å². The van der Waals surface area contributed by atoms with Crippen LogP contribution in [0.2, 0.25) is 0 Å². The predicted octanol–water partition coefficient (Wildman–Crippen LogP) is 2.78. The third-order valence-electron chi connectivity index (χ3n) is 4.43. The first-order valence-electron chi connectivity index (χ1n) is 8.82. The Morgan fingerprint density at radius 3 is 2.74 bits per heavy atom. The molecule has 0 bridgehead atoms. The van der Waals surface area contributed by atoms with Gasteiger partial charge in [-0.05, 0) is 19.1 Å². The lowest BCUT2D eigenvalue weighted by Crippen LogP contribution is -2.23. The van der Waals surface area contributed by atoms with Gasteiger partial charge in [-0.15, -0.1) is 0 Å². The monoisotopic (exact) mass is 360 g/mol. The lowest BCUT2D eigenvalue weighted by Gasteiger charge is -2.09. The summed E-state index contributed by atoms with van der Waals surface area (Å²) in [6.07, 6.45) is 7.34. The Morgan fingerprint density at radius 2 is 2.00 bits per heavy atom. The summed E-state index contributed by atoms with van der Waals surface area (Å²) < 4.78 is 3.56. The maximum atomic E-state index is 12.9. The Labute approximate surface area is 156 Å². The van der Waals surface area contributed by atoms with Crippen LogP contribution < -0.4 is 5.32 Å². The molecule has 0 unspecified atom stereocenters. The maximum absolute atomic E-state index is 12.9. The Bertz CT molecular complexity index is 1110. The van der Waals surface area contributed by atoms with E-state index in [2.05, 4.69) is 20.5 Å². The average molecular weight is 360 g/mol. The van der Waals surface area contributed by atoms with Gasteiger partial charge in [-0.3, -0.25) is 14.2 Å². The number of aryl methyl sites for hydroxylation is 2. The number of fused-ring (bicyclic) bond motifs is 1. The van der Waals surface area contributed by atoms with Crippen molar-refractivity contribution in [3.8, 4) is 11.3 Å². The van der Waals surface area contributed by atoms with E-state index in [4.69, 9.17) is 0 Å². The van der Waals surface area contributed by atoms with Gasteiger partial charge in [-0.25, -0.2) is 4.98 Å². The van der Waals surface area contributed by atoms with E-state index < -0.39 is 0 Å². The first kappa shape index (κ1) is 17.0. The van der Waals surface area contributed by atoms with E-state index >= 15 is 0 Å². The highest BCUT2D eigenvalue weighted by Gasteiger charge is 2.14. The minimum Gasteiger partial charge on any atom is -0.348 e. The molecule has 4 rings (SSSR count). The van der Waals surface area contributed by atoms with E-state index in [1.54, 1.807) is 17.1 Å². The second-order valence-electron chi connectivity index (χ2n) is 6.36.